The summed E-state index contributed by atoms with van der Waals surface area (Å²) < 4.78 is 3.69. The van der Waals surface area contributed by atoms with E-state index >= 15 is 0 Å². The number of halogens is 1. The minimum atomic E-state index is 0. The molecular formula is C21H27Ar3BrN12P2. The summed E-state index contributed by atoms with van der Waals surface area (Å²) in [7, 11) is 8.84. The van der Waals surface area contributed by atoms with Crippen molar-refractivity contribution in [2.45, 2.75) is 0 Å². The topological polar surface area (TPSA) is 153 Å². The molecule has 6 aromatic heterocycles. The first-order valence-corrected chi connectivity index (χ1v) is 13.0. The molecule has 0 aliphatic heterocycles. The second-order valence-corrected chi connectivity index (χ2v) is 8.06. The zero-order valence-corrected chi connectivity index (χ0v) is 27.0. The standard InChI is InChI=1S/C7H9N4P.C7H8N4.C6H7N4P.CH3Br.3Ar/c1-8-6-3-11(12)7-5(6)2-9-4-10-7;1-8-6-3-10-7-5(6)2-9-4-11-7;7-5-2-10(11)6-4(5)1-8-3-9-6;1-2;;;/h2-4,8H,12H2,1H3;2-4,8H,1H3,(H,9,10,11);1-3H,7,11H2;1H3;;;. The van der Waals surface area contributed by atoms with Crippen LogP contribution < -0.4 is 16.4 Å². The molecule has 0 aliphatic carbocycles. The molecule has 0 spiro atoms. The predicted octanol–water partition coefficient (Wildman–Crippen LogP) is 3.77. The van der Waals surface area contributed by atoms with Gasteiger partial charge in [0.25, 0.3) is 0 Å². The molecule has 2 unspecified atom stereocenters. The van der Waals surface area contributed by atoms with E-state index in [1.807, 2.05) is 36.7 Å². The number of hydrogen-bond donors (Lipinski definition) is 4. The second-order valence-electron chi connectivity index (χ2n) is 6.95. The number of H-pyrrole nitrogens is 1. The van der Waals surface area contributed by atoms with E-state index in [1.165, 1.54) is 12.7 Å². The van der Waals surface area contributed by atoms with Crippen LogP contribution in [0.5, 0.6) is 0 Å². The van der Waals surface area contributed by atoms with Crippen LogP contribution in [0.4, 0.5) is 17.1 Å². The van der Waals surface area contributed by atoms with Gasteiger partial charge in [0.15, 0.2) is 0 Å². The van der Waals surface area contributed by atoms with Crippen molar-refractivity contribution in [2.75, 3.05) is 36.3 Å². The van der Waals surface area contributed by atoms with E-state index < -0.39 is 0 Å². The number of nitrogen functional groups attached to an aromatic ring is 1. The van der Waals surface area contributed by atoms with Crippen LogP contribution in [0.3, 0.4) is 0 Å². The van der Waals surface area contributed by atoms with E-state index in [-0.39, 0.29) is 113 Å². The van der Waals surface area contributed by atoms with Crippen LogP contribution in [0.15, 0.2) is 56.2 Å². The number of nitrogens with two attached hydrogens (primary N) is 1. The smallest absolute Gasteiger partial charge is 0.148 e. The summed E-state index contributed by atoms with van der Waals surface area (Å²) in [5.41, 5.74) is 11.1. The number of fused-ring (bicyclic) bond motifs is 3. The third-order valence-electron chi connectivity index (χ3n) is 4.91. The van der Waals surface area contributed by atoms with Gasteiger partial charge in [0.05, 0.1) is 33.2 Å². The Bertz CT molecular complexity index is 1520. The first kappa shape index (κ1) is 39.4. The molecule has 0 amide bonds. The normalized spacial score (nSPS) is 9.28. The van der Waals surface area contributed by atoms with Gasteiger partial charge in [0.1, 0.15) is 35.9 Å². The summed E-state index contributed by atoms with van der Waals surface area (Å²) in [6.07, 6.45) is 15.5. The SMILES string of the molecule is CBr.CNc1c[nH]c2ncncc12.CNc1cn(P)c2ncncc12.Nc1cn(P)c2ncncc12.[Ar].[Ar].[Ar]. The Kier molecular flexibility index (Phi) is 20.5. The van der Waals surface area contributed by atoms with Gasteiger partial charge in [-0.25, -0.2) is 29.9 Å². The minimum absolute atomic E-state index is 0. The maximum Gasteiger partial charge on any atom is 0.148 e. The maximum absolute atomic E-state index is 5.66. The molecular weight excluding hydrogens is 682 g/mol. The Hall–Kier alpha value is 0.379. The number of anilines is 3. The Morgan fingerprint density at radius 2 is 1.23 bits per heavy atom. The quantitative estimate of drug-likeness (QED) is 0.156. The van der Waals surface area contributed by atoms with Gasteiger partial charge in [-0.05, 0) is 24.6 Å². The molecule has 0 fully saturated rings. The van der Waals surface area contributed by atoms with Crippen molar-refractivity contribution in [1.82, 2.24) is 43.6 Å². The van der Waals surface area contributed by atoms with Gasteiger partial charge in [0, 0.05) is 164 Å². The van der Waals surface area contributed by atoms with Crippen molar-refractivity contribution >= 4 is 84.9 Å². The number of alkyl halides is 1. The number of aromatic nitrogens is 9. The number of nitrogens with zero attached hydrogens (tertiary/aromatic N) is 8. The van der Waals surface area contributed by atoms with Crippen LogP contribution in [0, 0.1) is 113 Å². The van der Waals surface area contributed by atoms with Gasteiger partial charge in [0.2, 0.25) is 0 Å². The fourth-order valence-corrected chi connectivity index (χ4v) is 3.99. The van der Waals surface area contributed by atoms with Crippen LogP contribution in [0.2, 0.25) is 0 Å². The molecule has 0 saturated heterocycles. The summed E-state index contributed by atoms with van der Waals surface area (Å²) in [6, 6.07) is 0. The maximum atomic E-state index is 5.66. The van der Waals surface area contributed by atoms with Gasteiger partial charge in [-0.2, -0.15) is 0 Å². The van der Waals surface area contributed by atoms with Gasteiger partial charge in [-0.1, -0.05) is 15.9 Å². The first-order valence-electron chi connectivity index (χ1n) is 10.4. The fraction of sp³-hybridized carbons (Fsp3) is 0.143. The molecule has 0 aliphatic rings. The van der Waals surface area contributed by atoms with Crippen LogP contribution in [-0.2, 0) is 0 Å². The van der Waals surface area contributed by atoms with Crippen molar-refractivity contribution in [3.63, 3.8) is 0 Å². The summed E-state index contributed by atoms with van der Waals surface area (Å²) in [6.45, 7) is 0. The average molecular weight is 709 g/mol. The van der Waals surface area contributed by atoms with E-state index in [2.05, 4.69) is 80.2 Å². The van der Waals surface area contributed by atoms with Crippen LogP contribution in [0.1, 0.15) is 0 Å². The molecule has 0 bridgehead atoms. The Morgan fingerprint density at radius 1 is 0.744 bits per heavy atom. The molecule has 6 rings (SSSR count). The summed E-state index contributed by atoms with van der Waals surface area (Å²) in [5.74, 6) is 1.81. The molecule has 6 aromatic rings. The fourth-order valence-electron chi connectivity index (χ4n) is 3.27. The molecule has 212 valence electrons. The molecule has 12 nitrogen and oxygen atoms in total. The van der Waals surface area contributed by atoms with E-state index in [1.54, 1.807) is 35.5 Å². The monoisotopic (exact) mass is 708 g/mol. The molecule has 39 heavy (non-hydrogen) atoms. The zero-order valence-electron chi connectivity index (χ0n) is 20.9. The van der Waals surface area contributed by atoms with Crippen molar-refractivity contribution in [1.29, 1.82) is 0 Å². The molecule has 5 N–H and O–H groups in total. The molecule has 18 heteroatoms. The molecule has 0 radical (unpaired) electrons. The van der Waals surface area contributed by atoms with Gasteiger partial charge < -0.3 is 30.0 Å². The van der Waals surface area contributed by atoms with E-state index in [0.29, 0.717) is 5.69 Å². The van der Waals surface area contributed by atoms with Gasteiger partial charge in [-0.15, -0.1) is 0 Å². The number of aromatic amines is 1. The van der Waals surface area contributed by atoms with E-state index in [9.17, 15) is 0 Å². The Labute approximate surface area is 328 Å². The molecule has 6 heterocycles. The number of nitrogens with one attached hydrogen (secondary N) is 3. The Morgan fingerprint density at radius 3 is 1.79 bits per heavy atom. The van der Waals surface area contributed by atoms with Crippen molar-refractivity contribution in [3.05, 3.63) is 56.2 Å². The molecule has 2 atom stereocenters. The third-order valence-corrected chi connectivity index (χ3v) is 5.70. The Balaban J connectivity index is 0.000000519. The van der Waals surface area contributed by atoms with E-state index in [4.69, 9.17) is 5.73 Å². The second kappa shape index (κ2) is 20.3. The first-order chi connectivity index (χ1) is 17.5. The van der Waals surface area contributed by atoms with Crippen molar-refractivity contribution in [3.8, 4) is 0 Å². The van der Waals surface area contributed by atoms with Crippen LogP contribution >= 0.6 is 34.7 Å². The third kappa shape index (κ3) is 10.3. The summed E-state index contributed by atoms with van der Waals surface area (Å²) >= 11 is 2.94. The van der Waals surface area contributed by atoms with Crippen LogP contribution in [0.25, 0.3) is 33.1 Å². The summed E-state index contributed by atoms with van der Waals surface area (Å²) in [4.78, 5) is 27.0. The minimum Gasteiger partial charge on any atom is -0.397 e. The number of rotatable bonds is 2. The zero-order chi connectivity index (χ0) is 26.1. The largest absolute Gasteiger partial charge is 0.397 e. The predicted molar refractivity (Wildman–Crippen MR) is 158 cm³/mol. The van der Waals surface area contributed by atoms with Gasteiger partial charge in [-0.3, -0.25) is 0 Å². The molecule has 0 aromatic carbocycles. The summed E-state index contributed by atoms with van der Waals surface area (Å²) in [5, 5.41) is 9.07. The van der Waals surface area contributed by atoms with Crippen molar-refractivity contribution < 1.29 is 113 Å². The van der Waals surface area contributed by atoms with Gasteiger partial charge >= 0.3 is 0 Å². The van der Waals surface area contributed by atoms with E-state index in [0.717, 1.165) is 44.5 Å². The number of hydrogen-bond acceptors (Lipinski definition) is 9. The molecule has 0 saturated carbocycles. The van der Waals surface area contributed by atoms with Crippen molar-refractivity contribution in [2.24, 2.45) is 0 Å². The average Bonchev–Trinajstić information content (AvgIpc) is 3.59. The van der Waals surface area contributed by atoms with Crippen LogP contribution in [-0.4, -0.2) is 63.5 Å².